The standard InChI is InChI=1S/C12H15F3O4S/c1-4-18-11-6-9(8(2)19-20(3,16)17)5-10(7-11)12(13,14)15/h5-8H,4H2,1-3H3. The maximum Gasteiger partial charge on any atom is 0.416 e. The third-order valence-electron chi connectivity index (χ3n) is 2.36. The van der Waals surface area contributed by atoms with Crippen molar-refractivity contribution in [2.24, 2.45) is 0 Å². The van der Waals surface area contributed by atoms with Crippen LogP contribution in [0.1, 0.15) is 31.1 Å². The summed E-state index contributed by atoms with van der Waals surface area (Å²) in [5.74, 6) is 0.0151. The molecule has 1 atom stereocenters. The van der Waals surface area contributed by atoms with Crippen LogP contribution in [0.15, 0.2) is 18.2 Å². The van der Waals surface area contributed by atoms with E-state index in [0.717, 1.165) is 18.4 Å². The van der Waals surface area contributed by atoms with Gasteiger partial charge in [0.2, 0.25) is 0 Å². The Bertz CT molecular complexity index is 567. The molecule has 1 unspecified atom stereocenters. The summed E-state index contributed by atoms with van der Waals surface area (Å²) in [5, 5.41) is 0. The second-order valence-electron chi connectivity index (χ2n) is 4.16. The number of benzene rings is 1. The fourth-order valence-electron chi connectivity index (χ4n) is 1.59. The highest BCUT2D eigenvalue weighted by atomic mass is 32.2. The molecule has 1 aromatic rings. The van der Waals surface area contributed by atoms with E-state index in [9.17, 15) is 21.6 Å². The Morgan fingerprint density at radius 2 is 1.85 bits per heavy atom. The van der Waals surface area contributed by atoms with Gasteiger partial charge in [0.1, 0.15) is 5.75 Å². The Hall–Kier alpha value is -1.28. The summed E-state index contributed by atoms with van der Waals surface area (Å²) in [7, 11) is -3.77. The van der Waals surface area contributed by atoms with Crippen LogP contribution >= 0.6 is 0 Å². The van der Waals surface area contributed by atoms with Gasteiger partial charge >= 0.3 is 6.18 Å². The van der Waals surface area contributed by atoms with Crippen molar-refractivity contribution in [1.29, 1.82) is 0 Å². The van der Waals surface area contributed by atoms with Crippen molar-refractivity contribution in [3.05, 3.63) is 29.3 Å². The summed E-state index contributed by atoms with van der Waals surface area (Å²) in [4.78, 5) is 0. The van der Waals surface area contributed by atoms with Crippen LogP contribution in [0.3, 0.4) is 0 Å². The lowest BCUT2D eigenvalue weighted by Gasteiger charge is -2.16. The van der Waals surface area contributed by atoms with Crippen LogP contribution in [0.4, 0.5) is 13.2 Å². The van der Waals surface area contributed by atoms with Crippen molar-refractivity contribution in [1.82, 2.24) is 0 Å². The third-order valence-corrected chi connectivity index (χ3v) is 2.99. The highest BCUT2D eigenvalue weighted by molar-refractivity contribution is 7.86. The quantitative estimate of drug-likeness (QED) is 0.784. The second-order valence-corrected chi connectivity index (χ2v) is 5.76. The normalized spacial score (nSPS) is 14.1. The summed E-state index contributed by atoms with van der Waals surface area (Å²) in [6.07, 6.45) is -4.75. The number of halogens is 3. The molecule has 0 aliphatic carbocycles. The van der Waals surface area contributed by atoms with Gasteiger partial charge in [-0.15, -0.1) is 0 Å². The summed E-state index contributed by atoms with van der Waals surface area (Å²) in [5.41, 5.74) is -0.837. The van der Waals surface area contributed by atoms with Crippen molar-refractivity contribution in [3.63, 3.8) is 0 Å². The van der Waals surface area contributed by atoms with Crippen LogP contribution in [0.25, 0.3) is 0 Å². The van der Waals surface area contributed by atoms with E-state index >= 15 is 0 Å². The Morgan fingerprint density at radius 1 is 1.25 bits per heavy atom. The molecule has 1 aromatic carbocycles. The van der Waals surface area contributed by atoms with Crippen LogP contribution in [-0.2, 0) is 20.5 Å². The van der Waals surface area contributed by atoms with Gasteiger partial charge in [0.25, 0.3) is 10.1 Å². The monoisotopic (exact) mass is 312 g/mol. The first kappa shape index (κ1) is 16.8. The largest absolute Gasteiger partial charge is 0.494 e. The first-order valence-electron chi connectivity index (χ1n) is 5.76. The number of ether oxygens (including phenoxy) is 1. The molecule has 0 fully saturated rings. The lowest BCUT2D eigenvalue weighted by Crippen LogP contribution is -2.11. The zero-order valence-electron chi connectivity index (χ0n) is 11.2. The summed E-state index contributed by atoms with van der Waals surface area (Å²) < 4.78 is 70.1. The van der Waals surface area contributed by atoms with Crippen LogP contribution in [0, 0.1) is 0 Å². The molecule has 20 heavy (non-hydrogen) atoms. The van der Waals surface area contributed by atoms with Gasteiger partial charge in [-0.05, 0) is 37.6 Å². The van der Waals surface area contributed by atoms with E-state index in [0.29, 0.717) is 0 Å². The molecule has 0 amide bonds. The number of hydrogen-bond donors (Lipinski definition) is 0. The predicted molar refractivity (Wildman–Crippen MR) is 67.0 cm³/mol. The fraction of sp³-hybridized carbons (Fsp3) is 0.500. The SMILES string of the molecule is CCOc1cc(C(C)OS(C)(=O)=O)cc(C(F)(F)F)c1. The van der Waals surface area contributed by atoms with Crippen LogP contribution < -0.4 is 4.74 Å². The first-order chi connectivity index (χ1) is 9.03. The maximum atomic E-state index is 12.8. The van der Waals surface area contributed by atoms with Gasteiger partial charge in [-0.25, -0.2) is 0 Å². The second kappa shape index (κ2) is 6.01. The molecule has 0 aliphatic heterocycles. The molecule has 0 aromatic heterocycles. The van der Waals surface area contributed by atoms with Crippen molar-refractivity contribution < 1.29 is 30.5 Å². The van der Waals surface area contributed by atoms with Gasteiger partial charge in [-0.3, -0.25) is 4.18 Å². The van der Waals surface area contributed by atoms with E-state index in [1.165, 1.54) is 13.0 Å². The number of alkyl halides is 3. The van der Waals surface area contributed by atoms with E-state index in [4.69, 9.17) is 4.74 Å². The van der Waals surface area contributed by atoms with Gasteiger partial charge in [0.15, 0.2) is 0 Å². The summed E-state index contributed by atoms with van der Waals surface area (Å²) >= 11 is 0. The molecule has 0 aliphatic rings. The van der Waals surface area contributed by atoms with Crippen molar-refractivity contribution >= 4 is 10.1 Å². The van der Waals surface area contributed by atoms with Crippen LogP contribution in [0.5, 0.6) is 5.75 Å². The minimum atomic E-state index is -4.55. The number of hydrogen-bond acceptors (Lipinski definition) is 4. The summed E-state index contributed by atoms with van der Waals surface area (Å²) in [6.45, 7) is 3.19. The molecule has 0 spiro atoms. The zero-order chi connectivity index (χ0) is 15.6. The fourth-order valence-corrected chi connectivity index (χ4v) is 2.22. The summed E-state index contributed by atoms with van der Waals surface area (Å²) in [6, 6.07) is 3.03. The van der Waals surface area contributed by atoms with E-state index in [1.54, 1.807) is 6.92 Å². The molecule has 0 bridgehead atoms. The van der Waals surface area contributed by atoms with Crippen molar-refractivity contribution in [3.8, 4) is 5.75 Å². The molecule has 114 valence electrons. The van der Waals surface area contributed by atoms with Crippen molar-refractivity contribution in [2.75, 3.05) is 12.9 Å². The Kier molecular flexibility index (Phi) is 5.04. The van der Waals surface area contributed by atoms with Gasteiger partial charge in [-0.1, -0.05) is 0 Å². The first-order valence-corrected chi connectivity index (χ1v) is 7.58. The average Bonchev–Trinajstić information content (AvgIpc) is 2.25. The average molecular weight is 312 g/mol. The van der Waals surface area contributed by atoms with E-state index < -0.39 is 28.0 Å². The molecule has 1 rings (SSSR count). The van der Waals surface area contributed by atoms with E-state index in [-0.39, 0.29) is 17.9 Å². The molecular weight excluding hydrogens is 297 g/mol. The highest BCUT2D eigenvalue weighted by Crippen LogP contribution is 2.35. The van der Waals surface area contributed by atoms with E-state index in [1.807, 2.05) is 0 Å². The topological polar surface area (TPSA) is 52.6 Å². The third kappa shape index (κ3) is 5.01. The van der Waals surface area contributed by atoms with Gasteiger partial charge in [0, 0.05) is 0 Å². The Labute approximate surface area is 115 Å². The highest BCUT2D eigenvalue weighted by Gasteiger charge is 2.32. The Morgan fingerprint density at radius 3 is 2.30 bits per heavy atom. The molecular formula is C12H15F3O4S. The number of rotatable bonds is 5. The smallest absolute Gasteiger partial charge is 0.416 e. The molecule has 8 heteroatoms. The van der Waals surface area contributed by atoms with Gasteiger partial charge in [0.05, 0.1) is 24.5 Å². The molecule has 0 saturated carbocycles. The van der Waals surface area contributed by atoms with Gasteiger partial charge in [-0.2, -0.15) is 21.6 Å². The minimum absolute atomic E-state index is 0.0151. The molecule has 0 N–H and O–H groups in total. The molecule has 0 heterocycles. The van der Waals surface area contributed by atoms with Crippen LogP contribution in [-0.4, -0.2) is 21.3 Å². The minimum Gasteiger partial charge on any atom is -0.494 e. The van der Waals surface area contributed by atoms with E-state index in [2.05, 4.69) is 4.18 Å². The lowest BCUT2D eigenvalue weighted by atomic mass is 10.1. The maximum absolute atomic E-state index is 12.8. The van der Waals surface area contributed by atoms with Crippen LogP contribution in [0.2, 0.25) is 0 Å². The Balaban J connectivity index is 3.21. The molecule has 0 radical (unpaired) electrons. The lowest BCUT2D eigenvalue weighted by molar-refractivity contribution is -0.137. The molecule has 0 saturated heterocycles. The zero-order valence-corrected chi connectivity index (χ0v) is 12.0. The van der Waals surface area contributed by atoms with Gasteiger partial charge < -0.3 is 4.74 Å². The predicted octanol–water partition coefficient (Wildman–Crippen LogP) is 3.14. The van der Waals surface area contributed by atoms with Crippen molar-refractivity contribution in [2.45, 2.75) is 26.1 Å². The molecule has 4 nitrogen and oxygen atoms in total.